The van der Waals surface area contributed by atoms with Gasteiger partial charge in [0.15, 0.2) is 0 Å². The number of aromatic hydroxyl groups is 1. The van der Waals surface area contributed by atoms with Crippen LogP contribution in [-0.2, 0) is 4.79 Å². The first-order chi connectivity index (χ1) is 12.3. The van der Waals surface area contributed by atoms with E-state index in [9.17, 15) is 20.1 Å². The van der Waals surface area contributed by atoms with Gasteiger partial charge in [-0.05, 0) is 31.4 Å². The van der Waals surface area contributed by atoms with Crippen LogP contribution in [0.25, 0.3) is 0 Å². The van der Waals surface area contributed by atoms with Crippen LogP contribution in [-0.4, -0.2) is 75.0 Å². The second-order valence-electron chi connectivity index (χ2n) is 7.62. The average Bonchev–Trinajstić information content (AvgIpc) is 3.16. The molecular formula is C18H22Cl2N2O4. The van der Waals surface area contributed by atoms with Gasteiger partial charge in [-0.15, -0.1) is 0 Å². The normalized spacial score (nSPS) is 35.2. The van der Waals surface area contributed by atoms with Crippen LogP contribution in [0.5, 0.6) is 5.75 Å². The number of fused-ring (bicyclic) bond motifs is 1. The van der Waals surface area contributed by atoms with Crippen molar-refractivity contribution in [1.29, 1.82) is 0 Å². The first kappa shape index (κ1) is 18.3. The van der Waals surface area contributed by atoms with E-state index in [1.54, 1.807) is 6.07 Å². The van der Waals surface area contributed by atoms with Gasteiger partial charge in [-0.2, -0.15) is 0 Å². The zero-order chi connectivity index (χ0) is 18.6. The molecule has 1 saturated carbocycles. The van der Waals surface area contributed by atoms with E-state index in [-0.39, 0.29) is 29.7 Å². The average molecular weight is 401 g/mol. The fourth-order valence-electron chi connectivity index (χ4n) is 4.69. The molecule has 1 amide bonds. The zero-order valence-electron chi connectivity index (χ0n) is 14.2. The molecule has 1 unspecified atom stereocenters. The SMILES string of the molecule is O=C1CN(C2C[C@@H](O)[C@@H](O)C2)C[C@@H]2C[C@H](c3c(O)ccc(Cl)c3Cl)CN12. The van der Waals surface area contributed by atoms with Crippen molar-refractivity contribution in [2.75, 3.05) is 19.6 Å². The molecule has 3 N–H and O–H groups in total. The summed E-state index contributed by atoms with van der Waals surface area (Å²) in [5.74, 6) is 0.0859. The van der Waals surface area contributed by atoms with Crippen molar-refractivity contribution in [3.05, 3.63) is 27.7 Å². The lowest BCUT2D eigenvalue weighted by molar-refractivity contribution is -0.138. The number of hydrogen-bond donors (Lipinski definition) is 3. The van der Waals surface area contributed by atoms with Gasteiger partial charge in [0, 0.05) is 36.7 Å². The number of halogens is 2. The van der Waals surface area contributed by atoms with Crippen LogP contribution < -0.4 is 0 Å². The minimum Gasteiger partial charge on any atom is -0.508 e. The predicted molar refractivity (Wildman–Crippen MR) is 97.6 cm³/mol. The lowest BCUT2D eigenvalue weighted by Crippen LogP contribution is -2.56. The van der Waals surface area contributed by atoms with Crippen molar-refractivity contribution >= 4 is 29.1 Å². The van der Waals surface area contributed by atoms with Gasteiger partial charge >= 0.3 is 0 Å². The van der Waals surface area contributed by atoms with Gasteiger partial charge in [0.1, 0.15) is 5.75 Å². The summed E-state index contributed by atoms with van der Waals surface area (Å²) in [6, 6.07) is 3.16. The summed E-state index contributed by atoms with van der Waals surface area (Å²) in [5.41, 5.74) is 0.611. The Labute approximate surface area is 161 Å². The van der Waals surface area contributed by atoms with E-state index in [2.05, 4.69) is 4.90 Å². The molecule has 0 radical (unpaired) electrons. The molecular weight excluding hydrogens is 379 g/mol. The molecule has 1 aliphatic carbocycles. The quantitative estimate of drug-likeness (QED) is 0.701. The minimum atomic E-state index is -0.716. The maximum Gasteiger partial charge on any atom is 0.237 e. The Hall–Kier alpha value is -1.05. The summed E-state index contributed by atoms with van der Waals surface area (Å²) < 4.78 is 0. The van der Waals surface area contributed by atoms with Crippen LogP contribution in [0.2, 0.25) is 10.0 Å². The number of aliphatic hydroxyl groups is 2. The first-order valence-corrected chi connectivity index (χ1v) is 9.67. The predicted octanol–water partition coefficient (Wildman–Crippen LogP) is 1.58. The number of phenolic OH excluding ortho intramolecular Hbond substituents is 1. The number of aliphatic hydroxyl groups excluding tert-OH is 2. The number of carbonyl (C=O) groups is 1. The van der Waals surface area contributed by atoms with Crippen LogP contribution >= 0.6 is 23.2 Å². The molecule has 3 fully saturated rings. The Balaban J connectivity index is 1.52. The molecule has 142 valence electrons. The zero-order valence-corrected chi connectivity index (χ0v) is 15.7. The fraction of sp³-hybridized carbons (Fsp3) is 0.611. The first-order valence-electron chi connectivity index (χ1n) is 8.91. The molecule has 2 saturated heterocycles. The molecule has 5 atom stereocenters. The molecule has 0 spiro atoms. The monoisotopic (exact) mass is 400 g/mol. The van der Waals surface area contributed by atoms with Gasteiger partial charge in [-0.1, -0.05) is 23.2 Å². The Kier molecular flexibility index (Phi) is 4.82. The molecule has 1 aromatic carbocycles. The van der Waals surface area contributed by atoms with Crippen LogP contribution in [0, 0.1) is 0 Å². The van der Waals surface area contributed by atoms with Crippen LogP contribution in [0.3, 0.4) is 0 Å². The fourth-order valence-corrected chi connectivity index (χ4v) is 5.17. The molecule has 0 bridgehead atoms. The summed E-state index contributed by atoms with van der Waals surface area (Å²) in [7, 11) is 0. The van der Waals surface area contributed by atoms with Crippen LogP contribution in [0.4, 0.5) is 0 Å². The van der Waals surface area contributed by atoms with E-state index >= 15 is 0 Å². The van der Waals surface area contributed by atoms with E-state index < -0.39 is 12.2 Å². The topological polar surface area (TPSA) is 84.2 Å². The highest BCUT2D eigenvalue weighted by Gasteiger charge is 2.45. The maximum atomic E-state index is 12.7. The van der Waals surface area contributed by atoms with Gasteiger partial charge in [-0.25, -0.2) is 0 Å². The van der Waals surface area contributed by atoms with Gasteiger partial charge < -0.3 is 20.2 Å². The number of amides is 1. The van der Waals surface area contributed by atoms with Crippen molar-refractivity contribution < 1.29 is 20.1 Å². The summed E-state index contributed by atoms with van der Waals surface area (Å²) in [5, 5.41) is 30.6. The highest BCUT2D eigenvalue weighted by molar-refractivity contribution is 6.42. The Morgan fingerprint density at radius 1 is 1.00 bits per heavy atom. The van der Waals surface area contributed by atoms with Crippen molar-refractivity contribution in [3.8, 4) is 5.75 Å². The largest absolute Gasteiger partial charge is 0.508 e. The van der Waals surface area contributed by atoms with Crippen LogP contribution in [0.1, 0.15) is 30.7 Å². The summed E-state index contributed by atoms with van der Waals surface area (Å²) >= 11 is 12.4. The standard InChI is InChI=1S/C18H22Cl2N2O4/c19-12-1-2-13(23)17(18(12)20)9-3-11-7-21(8-16(26)22(11)6-9)10-4-14(24)15(25)5-10/h1-2,9-11,14-15,23-25H,3-8H2/t9-,10?,11-,14-,15+/m0/s1. The summed E-state index contributed by atoms with van der Waals surface area (Å²) in [4.78, 5) is 16.6. The van der Waals surface area contributed by atoms with Crippen molar-refractivity contribution in [3.63, 3.8) is 0 Å². The number of benzene rings is 1. The molecule has 2 heterocycles. The number of rotatable bonds is 2. The highest BCUT2D eigenvalue weighted by atomic mass is 35.5. The lowest BCUT2D eigenvalue weighted by Gasteiger charge is -2.40. The van der Waals surface area contributed by atoms with Crippen molar-refractivity contribution in [1.82, 2.24) is 9.80 Å². The number of phenols is 1. The molecule has 0 aromatic heterocycles. The third-order valence-electron chi connectivity index (χ3n) is 6.02. The molecule has 1 aromatic rings. The minimum absolute atomic E-state index is 0.0216. The lowest BCUT2D eigenvalue weighted by atomic mass is 9.95. The van der Waals surface area contributed by atoms with E-state index in [0.717, 1.165) is 0 Å². The summed E-state index contributed by atoms with van der Waals surface area (Å²) in [6.45, 7) is 1.51. The molecule has 3 aliphatic rings. The Bertz CT molecular complexity index is 721. The number of piperazine rings is 1. The number of hydrogen-bond acceptors (Lipinski definition) is 5. The van der Waals surface area contributed by atoms with E-state index in [1.807, 2.05) is 4.90 Å². The van der Waals surface area contributed by atoms with Gasteiger partial charge in [-0.3, -0.25) is 9.69 Å². The second-order valence-corrected chi connectivity index (χ2v) is 8.40. The van der Waals surface area contributed by atoms with Crippen molar-refractivity contribution in [2.45, 2.75) is 49.5 Å². The molecule has 26 heavy (non-hydrogen) atoms. The summed E-state index contributed by atoms with van der Waals surface area (Å²) in [6.07, 6.45) is 0.253. The highest BCUT2D eigenvalue weighted by Crippen LogP contribution is 2.44. The molecule has 2 aliphatic heterocycles. The second kappa shape index (κ2) is 6.84. The number of nitrogens with zero attached hydrogens (tertiary/aromatic N) is 2. The third-order valence-corrected chi connectivity index (χ3v) is 6.84. The van der Waals surface area contributed by atoms with E-state index in [4.69, 9.17) is 23.2 Å². The van der Waals surface area contributed by atoms with Gasteiger partial charge in [0.25, 0.3) is 0 Å². The molecule has 6 nitrogen and oxygen atoms in total. The van der Waals surface area contributed by atoms with Crippen LogP contribution in [0.15, 0.2) is 12.1 Å². The van der Waals surface area contributed by atoms with Gasteiger partial charge in [0.2, 0.25) is 5.91 Å². The van der Waals surface area contributed by atoms with Crippen molar-refractivity contribution in [2.24, 2.45) is 0 Å². The Morgan fingerprint density at radius 3 is 2.38 bits per heavy atom. The van der Waals surface area contributed by atoms with E-state index in [1.165, 1.54) is 6.07 Å². The van der Waals surface area contributed by atoms with E-state index in [0.29, 0.717) is 54.5 Å². The molecule has 8 heteroatoms. The maximum absolute atomic E-state index is 12.7. The third kappa shape index (κ3) is 3.08. The smallest absolute Gasteiger partial charge is 0.237 e. The Morgan fingerprint density at radius 2 is 1.69 bits per heavy atom. The number of carbonyl (C=O) groups excluding carboxylic acids is 1. The van der Waals surface area contributed by atoms with Gasteiger partial charge in [0.05, 0.1) is 28.8 Å². The molecule has 4 rings (SSSR count).